The minimum Gasteiger partial charge on any atom is -0.396 e. The van der Waals surface area contributed by atoms with Crippen molar-refractivity contribution in [3.8, 4) is 0 Å². The Morgan fingerprint density at radius 3 is 2.29 bits per heavy atom. The van der Waals surface area contributed by atoms with Crippen molar-refractivity contribution >= 4 is 21.4 Å². The van der Waals surface area contributed by atoms with Crippen molar-refractivity contribution in [3.05, 3.63) is 65.7 Å². The van der Waals surface area contributed by atoms with Gasteiger partial charge in [0.25, 0.3) is 0 Å². The smallest absolute Gasteiger partial charge is 0.396 e. The van der Waals surface area contributed by atoms with E-state index in [0.717, 1.165) is 11.6 Å². The SMILES string of the molecule is Cc1ccc(C2=CC(C(F)(F)F)NN2c2ccc(S(=O)(=O)NCCCCO)cc2)cc1. The Morgan fingerprint density at radius 2 is 1.71 bits per heavy atom. The van der Waals surface area contributed by atoms with Crippen LogP contribution in [0.4, 0.5) is 18.9 Å². The molecule has 31 heavy (non-hydrogen) atoms. The molecule has 0 spiro atoms. The maximum absolute atomic E-state index is 13.4. The van der Waals surface area contributed by atoms with Crippen molar-refractivity contribution in [3.63, 3.8) is 0 Å². The number of aliphatic hydroxyl groups excluding tert-OH is 1. The van der Waals surface area contributed by atoms with Crippen LogP contribution in [0.25, 0.3) is 5.70 Å². The fourth-order valence-corrected chi connectivity index (χ4v) is 4.18. The fraction of sp³-hybridized carbons (Fsp3) is 0.333. The molecule has 1 aliphatic rings. The van der Waals surface area contributed by atoms with Crippen LogP contribution in [0.5, 0.6) is 0 Å². The maximum atomic E-state index is 13.4. The first-order valence-electron chi connectivity index (χ1n) is 9.74. The van der Waals surface area contributed by atoms with Crippen LogP contribution in [0, 0.1) is 6.92 Å². The van der Waals surface area contributed by atoms with E-state index < -0.39 is 22.2 Å². The van der Waals surface area contributed by atoms with E-state index in [4.69, 9.17) is 5.11 Å². The molecule has 0 aliphatic carbocycles. The molecule has 3 rings (SSSR count). The van der Waals surface area contributed by atoms with Gasteiger partial charge in [0.05, 0.1) is 16.3 Å². The maximum Gasteiger partial charge on any atom is 0.409 e. The molecule has 168 valence electrons. The summed E-state index contributed by atoms with van der Waals surface area (Å²) in [5, 5.41) is 10.1. The highest BCUT2D eigenvalue weighted by atomic mass is 32.2. The molecule has 6 nitrogen and oxygen atoms in total. The Balaban J connectivity index is 1.85. The Bertz CT molecular complexity index is 1020. The van der Waals surface area contributed by atoms with Crippen LogP contribution in [-0.4, -0.2) is 38.9 Å². The van der Waals surface area contributed by atoms with Gasteiger partial charge in [0.15, 0.2) is 0 Å². The number of hydrogen-bond acceptors (Lipinski definition) is 5. The number of hydrazine groups is 1. The van der Waals surface area contributed by atoms with E-state index >= 15 is 0 Å². The van der Waals surface area contributed by atoms with Crippen LogP contribution in [0.3, 0.4) is 0 Å². The Labute approximate surface area is 179 Å². The van der Waals surface area contributed by atoms with Gasteiger partial charge in [-0.05, 0) is 55.7 Å². The van der Waals surface area contributed by atoms with Gasteiger partial charge in [-0.2, -0.15) is 13.2 Å². The quantitative estimate of drug-likeness (QED) is 0.532. The zero-order valence-electron chi connectivity index (χ0n) is 16.9. The average molecular weight is 456 g/mol. The molecule has 1 atom stereocenters. The van der Waals surface area contributed by atoms with Gasteiger partial charge in [-0.15, -0.1) is 0 Å². The molecule has 10 heteroatoms. The molecular formula is C21H24F3N3O3S. The molecule has 0 radical (unpaired) electrons. The number of halogens is 3. The lowest BCUT2D eigenvalue weighted by molar-refractivity contribution is -0.142. The molecule has 1 unspecified atom stereocenters. The predicted octanol–water partition coefficient (Wildman–Crippen LogP) is 3.34. The standard InChI is InChI=1S/C21H24F3N3O3S/c1-15-4-6-16(7-5-15)19-14-20(21(22,23)24)26-27(19)17-8-10-18(11-9-17)31(29,30)25-12-2-3-13-28/h4-11,14,20,25-26,28H,2-3,12-13H2,1H3. The third-order valence-corrected chi connectivity index (χ3v) is 6.29. The number of nitrogens with zero attached hydrogens (tertiary/aromatic N) is 1. The number of aryl methyl sites for hydroxylation is 1. The number of alkyl halides is 3. The van der Waals surface area contributed by atoms with Gasteiger partial charge in [-0.3, -0.25) is 5.01 Å². The van der Waals surface area contributed by atoms with Gasteiger partial charge in [-0.25, -0.2) is 18.6 Å². The second kappa shape index (κ2) is 9.39. The second-order valence-electron chi connectivity index (χ2n) is 7.22. The Hall–Kier alpha value is -2.40. The van der Waals surface area contributed by atoms with Crippen molar-refractivity contribution in [1.29, 1.82) is 0 Å². The van der Waals surface area contributed by atoms with E-state index in [1.165, 1.54) is 29.3 Å². The van der Waals surface area contributed by atoms with E-state index in [1.54, 1.807) is 12.1 Å². The lowest BCUT2D eigenvalue weighted by Gasteiger charge is -2.25. The van der Waals surface area contributed by atoms with Gasteiger partial charge < -0.3 is 5.11 Å². The van der Waals surface area contributed by atoms with E-state index in [2.05, 4.69) is 10.1 Å². The number of anilines is 1. The summed E-state index contributed by atoms with van der Waals surface area (Å²) in [4.78, 5) is 0.00711. The van der Waals surface area contributed by atoms with Crippen LogP contribution in [-0.2, 0) is 10.0 Å². The van der Waals surface area contributed by atoms with Crippen molar-refractivity contribution < 1.29 is 26.7 Å². The summed E-state index contributed by atoms with van der Waals surface area (Å²) in [5.74, 6) is 0. The molecule has 0 aromatic heterocycles. The lowest BCUT2D eigenvalue weighted by atomic mass is 10.1. The molecular weight excluding hydrogens is 431 g/mol. The summed E-state index contributed by atoms with van der Waals surface area (Å²) < 4.78 is 67.2. The van der Waals surface area contributed by atoms with Crippen molar-refractivity contribution in [2.24, 2.45) is 0 Å². The first-order chi connectivity index (χ1) is 14.6. The zero-order chi connectivity index (χ0) is 22.6. The number of aliphatic hydroxyl groups is 1. The van der Waals surface area contributed by atoms with Crippen molar-refractivity contribution in [2.75, 3.05) is 18.2 Å². The monoisotopic (exact) mass is 455 g/mol. The predicted molar refractivity (Wildman–Crippen MR) is 113 cm³/mol. The number of unbranched alkanes of at least 4 members (excludes halogenated alkanes) is 1. The average Bonchev–Trinajstić information content (AvgIpc) is 3.18. The lowest BCUT2D eigenvalue weighted by Crippen LogP contribution is -2.44. The molecule has 0 bridgehead atoms. The molecule has 0 amide bonds. The molecule has 0 saturated carbocycles. The fourth-order valence-electron chi connectivity index (χ4n) is 3.11. The topological polar surface area (TPSA) is 81.7 Å². The zero-order valence-corrected chi connectivity index (χ0v) is 17.7. The van der Waals surface area contributed by atoms with E-state index in [-0.39, 0.29) is 18.0 Å². The minimum absolute atomic E-state index is 0.00711. The molecule has 0 saturated heterocycles. The molecule has 1 aliphatic heterocycles. The molecule has 2 aromatic carbocycles. The van der Waals surface area contributed by atoms with E-state index in [9.17, 15) is 21.6 Å². The van der Waals surface area contributed by atoms with Crippen LogP contribution in [0.15, 0.2) is 59.5 Å². The third-order valence-electron chi connectivity index (χ3n) is 4.82. The van der Waals surface area contributed by atoms with Gasteiger partial charge in [-0.1, -0.05) is 29.8 Å². The van der Waals surface area contributed by atoms with Gasteiger partial charge >= 0.3 is 6.18 Å². The molecule has 1 heterocycles. The summed E-state index contributed by atoms with van der Waals surface area (Å²) in [6, 6.07) is 10.8. The number of sulfonamides is 1. The molecule has 0 fully saturated rings. The summed E-state index contributed by atoms with van der Waals surface area (Å²) in [7, 11) is -3.75. The third kappa shape index (κ3) is 5.65. The van der Waals surface area contributed by atoms with Gasteiger partial charge in [0.2, 0.25) is 10.0 Å². The van der Waals surface area contributed by atoms with Crippen LogP contribution in [0.1, 0.15) is 24.0 Å². The Kier molecular flexibility index (Phi) is 7.05. The van der Waals surface area contributed by atoms with Crippen LogP contribution >= 0.6 is 0 Å². The highest BCUT2D eigenvalue weighted by Gasteiger charge is 2.43. The molecule has 2 aromatic rings. The first-order valence-corrected chi connectivity index (χ1v) is 11.2. The van der Waals surface area contributed by atoms with Crippen LogP contribution in [0.2, 0.25) is 0 Å². The molecule has 3 N–H and O–H groups in total. The number of nitrogens with one attached hydrogen (secondary N) is 2. The number of hydrogen-bond donors (Lipinski definition) is 3. The highest BCUT2D eigenvalue weighted by Crippen LogP contribution is 2.35. The van der Waals surface area contributed by atoms with Crippen molar-refractivity contribution in [2.45, 2.75) is 36.9 Å². The highest BCUT2D eigenvalue weighted by molar-refractivity contribution is 7.89. The second-order valence-corrected chi connectivity index (χ2v) is 8.99. The minimum atomic E-state index is -4.48. The first kappa shape index (κ1) is 23.3. The van der Waals surface area contributed by atoms with Crippen molar-refractivity contribution in [1.82, 2.24) is 10.1 Å². The van der Waals surface area contributed by atoms with Gasteiger partial charge in [0.1, 0.15) is 6.04 Å². The van der Waals surface area contributed by atoms with Crippen LogP contribution < -0.4 is 15.2 Å². The number of rotatable bonds is 8. The summed E-state index contributed by atoms with van der Waals surface area (Å²) in [6.45, 7) is 2.05. The van der Waals surface area contributed by atoms with E-state index in [0.29, 0.717) is 29.8 Å². The van der Waals surface area contributed by atoms with E-state index in [1.807, 2.05) is 19.1 Å². The van der Waals surface area contributed by atoms with Gasteiger partial charge in [0, 0.05) is 13.2 Å². The normalized spacial score (nSPS) is 17.1. The summed E-state index contributed by atoms with van der Waals surface area (Å²) in [5.41, 5.74) is 4.74. The number of benzene rings is 2. The summed E-state index contributed by atoms with van der Waals surface area (Å²) in [6.07, 6.45) is -2.39. The Morgan fingerprint density at radius 1 is 1.06 bits per heavy atom. The largest absolute Gasteiger partial charge is 0.409 e. The summed E-state index contributed by atoms with van der Waals surface area (Å²) >= 11 is 0.